The molecule has 96 valence electrons. The van der Waals surface area contributed by atoms with Gasteiger partial charge in [0.25, 0.3) is 0 Å². The summed E-state index contributed by atoms with van der Waals surface area (Å²) < 4.78 is 13.9. The summed E-state index contributed by atoms with van der Waals surface area (Å²) >= 11 is 0. The smallest absolute Gasteiger partial charge is 0.149 e. The zero-order valence-electron chi connectivity index (χ0n) is 11.1. The molecule has 0 atom stereocenters. The van der Waals surface area contributed by atoms with E-state index < -0.39 is 0 Å². The highest BCUT2D eigenvalue weighted by Gasteiger charge is 2.19. The average molecular weight is 247 g/mol. The molecule has 2 rings (SSSR count). The van der Waals surface area contributed by atoms with Gasteiger partial charge in [-0.3, -0.25) is 5.84 Å². The maximum absolute atomic E-state index is 13.9. The minimum absolute atomic E-state index is 0.157. The van der Waals surface area contributed by atoms with Crippen LogP contribution in [-0.2, 0) is 5.41 Å². The van der Waals surface area contributed by atoms with Crippen molar-refractivity contribution in [1.82, 2.24) is 4.98 Å². The zero-order chi connectivity index (χ0) is 13.5. The van der Waals surface area contributed by atoms with Crippen LogP contribution >= 0.6 is 0 Å². The van der Waals surface area contributed by atoms with Gasteiger partial charge in [-0.05, 0) is 24.6 Å². The highest BCUT2D eigenvalue weighted by Crippen LogP contribution is 2.31. The van der Waals surface area contributed by atoms with Crippen molar-refractivity contribution in [2.75, 3.05) is 5.43 Å². The second kappa shape index (κ2) is 4.21. The van der Waals surface area contributed by atoms with Gasteiger partial charge in [-0.2, -0.15) is 0 Å². The monoisotopic (exact) mass is 247 g/mol. The first-order valence-electron chi connectivity index (χ1n) is 5.91. The summed E-state index contributed by atoms with van der Waals surface area (Å²) in [6, 6.07) is 5.06. The van der Waals surface area contributed by atoms with E-state index in [-0.39, 0.29) is 11.2 Å². The Bertz CT molecular complexity index is 600. The van der Waals surface area contributed by atoms with Crippen LogP contribution in [0.3, 0.4) is 0 Å². The number of nitrogens with two attached hydrogens (primary N) is 1. The second-order valence-electron chi connectivity index (χ2n) is 5.54. The first-order valence-corrected chi connectivity index (χ1v) is 5.91. The highest BCUT2D eigenvalue weighted by molar-refractivity contribution is 5.94. The number of hydrogen-bond donors (Lipinski definition) is 2. The molecule has 0 bridgehead atoms. The molecule has 4 heteroatoms. The van der Waals surface area contributed by atoms with E-state index in [1.54, 1.807) is 6.07 Å². The Hall–Kier alpha value is -1.68. The molecule has 0 saturated carbocycles. The molecule has 18 heavy (non-hydrogen) atoms. The molecule has 0 aliphatic carbocycles. The van der Waals surface area contributed by atoms with Crippen LogP contribution in [0.5, 0.6) is 0 Å². The summed E-state index contributed by atoms with van der Waals surface area (Å²) in [5, 5.41) is 0.741. The quantitative estimate of drug-likeness (QED) is 0.600. The number of pyridine rings is 1. The number of aromatic nitrogens is 1. The number of rotatable bonds is 1. The van der Waals surface area contributed by atoms with Crippen molar-refractivity contribution in [3.63, 3.8) is 0 Å². The largest absolute Gasteiger partial charge is 0.323 e. The third-order valence-electron chi connectivity index (χ3n) is 3.04. The van der Waals surface area contributed by atoms with Gasteiger partial charge >= 0.3 is 0 Å². The van der Waals surface area contributed by atoms with E-state index in [0.29, 0.717) is 11.2 Å². The van der Waals surface area contributed by atoms with E-state index in [9.17, 15) is 4.39 Å². The molecule has 0 amide bonds. The molecule has 3 N–H and O–H groups in total. The van der Waals surface area contributed by atoms with Crippen molar-refractivity contribution in [2.45, 2.75) is 33.1 Å². The molecule has 3 nitrogen and oxygen atoms in total. The fourth-order valence-electron chi connectivity index (χ4n) is 1.98. The van der Waals surface area contributed by atoms with E-state index in [0.717, 1.165) is 16.6 Å². The van der Waals surface area contributed by atoms with Gasteiger partial charge in [0, 0.05) is 16.5 Å². The van der Waals surface area contributed by atoms with Crippen LogP contribution < -0.4 is 11.3 Å². The Labute approximate surface area is 106 Å². The van der Waals surface area contributed by atoms with Crippen LogP contribution in [-0.4, -0.2) is 4.98 Å². The average Bonchev–Trinajstić information content (AvgIpc) is 2.31. The normalized spacial score (nSPS) is 11.9. The van der Waals surface area contributed by atoms with Crippen LogP contribution in [0.25, 0.3) is 10.9 Å². The molecule has 0 fully saturated rings. The highest BCUT2D eigenvalue weighted by atomic mass is 19.1. The number of aryl methyl sites for hydroxylation is 1. The minimum atomic E-state index is -0.321. The third-order valence-corrected chi connectivity index (χ3v) is 3.04. The molecular weight excluding hydrogens is 229 g/mol. The Morgan fingerprint density at radius 3 is 2.50 bits per heavy atom. The number of nitrogen functional groups attached to an aromatic ring is 1. The van der Waals surface area contributed by atoms with Crippen molar-refractivity contribution in [3.8, 4) is 0 Å². The second-order valence-corrected chi connectivity index (χ2v) is 5.54. The van der Waals surface area contributed by atoms with Gasteiger partial charge < -0.3 is 5.43 Å². The summed E-state index contributed by atoms with van der Waals surface area (Å²) in [7, 11) is 0. The fraction of sp³-hybridized carbons (Fsp3) is 0.357. The predicted octanol–water partition coefficient (Wildman–Crippen LogP) is 3.27. The van der Waals surface area contributed by atoms with Gasteiger partial charge in [0.15, 0.2) is 0 Å². The van der Waals surface area contributed by atoms with Crippen molar-refractivity contribution >= 4 is 16.6 Å². The maximum Gasteiger partial charge on any atom is 0.149 e. The van der Waals surface area contributed by atoms with Crippen molar-refractivity contribution in [1.29, 1.82) is 0 Å². The van der Waals surface area contributed by atoms with E-state index in [4.69, 9.17) is 5.84 Å². The van der Waals surface area contributed by atoms with Gasteiger partial charge in [0.1, 0.15) is 11.3 Å². The zero-order valence-corrected chi connectivity index (χ0v) is 11.1. The summed E-state index contributed by atoms with van der Waals surface area (Å²) in [6.45, 7) is 8.03. The van der Waals surface area contributed by atoms with Crippen molar-refractivity contribution in [2.24, 2.45) is 5.84 Å². The molecule has 1 heterocycles. The summed E-state index contributed by atoms with van der Waals surface area (Å²) in [5.74, 6) is 5.23. The third kappa shape index (κ3) is 2.04. The van der Waals surface area contributed by atoms with Crippen LogP contribution in [0.2, 0.25) is 0 Å². The van der Waals surface area contributed by atoms with Gasteiger partial charge in [-0.1, -0.05) is 26.8 Å². The number of halogens is 1. The summed E-state index contributed by atoms with van der Waals surface area (Å²) in [4.78, 5) is 4.44. The first kappa shape index (κ1) is 12.8. The van der Waals surface area contributed by atoms with Crippen LogP contribution in [0, 0.1) is 12.7 Å². The molecule has 0 aliphatic rings. The lowest BCUT2D eigenvalue weighted by molar-refractivity contribution is 0.569. The van der Waals surface area contributed by atoms with E-state index in [1.165, 1.54) is 6.07 Å². The SMILES string of the molecule is Cc1ccc(F)c2nc(C(C)(C)C)cc(NN)c12. The Morgan fingerprint density at radius 2 is 1.94 bits per heavy atom. The summed E-state index contributed by atoms with van der Waals surface area (Å²) in [5.41, 5.74) is 5.33. The molecule has 0 saturated heterocycles. The Morgan fingerprint density at radius 1 is 1.28 bits per heavy atom. The Balaban J connectivity index is 2.88. The number of nitrogens with zero attached hydrogens (tertiary/aromatic N) is 1. The number of hydrogen-bond acceptors (Lipinski definition) is 3. The van der Waals surface area contributed by atoms with E-state index in [1.807, 2.05) is 33.8 Å². The molecule has 1 aromatic carbocycles. The minimum Gasteiger partial charge on any atom is -0.323 e. The number of fused-ring (bicyclic) bond motifs is 1. The molecular formula is C14H18FN3. The van der Waals surface area contributed by atoms with E-state index >= 15 is 0 Å². The van der Waals surface area contributed by atoms with Crippen molar-refractivity contribution in [3.05, 3.63) is 35.3 Å². The Kier molecular flexibility index (Phi) is 2.99. The van der Waals surface area contributed by atoms with Gasteiger partial charge in [0.05, 0.1) is 5.69 Å². The van der Waals surface area contributed by atoms with Crippen LogP contribution in [0.1, 0.15) is 32.0 Å². The number of hydrazine groups is 1. The molecule has 0 unspecified atom stereocenters. The summed E-state index contributed by atoms with van der Waals surface area (Å²) in [6.07, 6.45) is 0. The number of anilines is 1. The van der Waals surface area contributed by atoms with E-state index in [2.05, 4.69) is 10.4 Å². The predicted molar refractivity (Wildman–Crippen MR) is 72.9 cm³/mol. The van der Waals surface area contributed by atoms with Crippen LogP contribution in [0.4, 0.5) is 10.1 Å². The first-order chi connectivity index (χ1) is 8.34. The lowest BCUT2D eigenvalue weighted by Crippen LogP contribution is -2.16. The van der Waals surface area contributed by atoms with Gasteiger partial charge in [-0.15, -0.1) is 0 Å². The molecule has 2 aromatic rings. The standard InChI is InChI=1S/C14H18FN3/c1-8-5-6-9(15)13-12(8)10(18-16)7-11(17-13)14(2,3)4/h5-7H,16H2,1-4H3,(H,17,18). The van der Waals surface area contributed by atoms with Gasteiger partial charge in [0.2, 0.25) is 0 Å². The van der Waals surface area contributed by atoms with Gasteiger partial charge in [-0.25, -0.2) is 9.37 Å². The molecule has 0 radical (unpaired) electrons. The lowest BCUT2D eigenvalue weighted by atomic mass is 9.90. The maximum atomic E-state index is 13.9. The fourth-order valence-corrected chi connectivity index (χ4v) is 1.98. The topological polar surface area (TPSA) is 50.9 Å². The van der Waals surface area contributed by atoms with Crippen LogP contribution in [0.15, 0.2) is 18.2 Å². The molecule has 0 spiro atoms. The van der Waals surface area contributed by atoms with Crippen molar-refractivity contribution < 1.29 is 4.39 Å². The number of nitrogens with one attached hydrogen (secondary N) is 1. The lowest BCUT2D eigenvalue weighted by Gasteiger charge is -2.20. The number of benzene rings is 1. The molecule has 1 aromatic heterocycles. The molecule has 0 aliphatic heterocycles.